The molecule has 4 aromatic rings. The fraction of sp³-hybridized carbons (Fsp3) is 0.333. The van der Waals surface area contributed by atoms with Crippen LogP contribution in [0.2, 0.25) is 0 Å². The van der Waals surface area contributed by atoms with Gasteiger partial charge < -0.3 is 20.9 Å². The van der Waals surface area contributed by atoms with Gasteiger partial charge in [-0.3, -0.25) is 14.3 Å². The van der Waals surface area contributed by atoms with Gasteiger partial charge in [-0.25, -0.2) is 15.0 Å². The Morgan fingerprint density at radius 1 is 0.925 bits per heavy atom. The van der Waals surface area contributed by atoms with E-state index in [1.165, 1.54) is 18.4 Å². The molecule has 206 valence electrons. The maximum absolute atomic E-state index is 13.1. The summed E-state index contributed by atoms with van der Waals surface area (Å²) in [6.07, 6.45) is 7.45. The molecule has 40 heavy (non-hydrogen) atoms. The highest BCUT2D eigenvalue weighted by Gasteiger charge is 2.21. The second-order valence-electron chi connectivity index (χ2n) is 10.4. The number of imidazole rings is 1. The largest absolute Gasteiger partial charge is 0.367 e. The summed E-state index contributed by atoms with van der Waals surface area (Å²) in [6.45, 7) is 8.70. The standard InChI is InChI=1S/C30H35N9O/c1-2-37-14-16-38(17-15-37)20-22-6-8-25(9-7-22)35-29(40)23-4-3-5-26(18-23)36-30-31-12-13-39(30)28-19-27(32-21-33-28)34-24-10-11-24/h3-9,12-13,18-19,21,24H,2,10-11,14-17,20H2,1H3,(H,31,36)(H,35,40)(H,32,33,34). The average molecular weight is 538 g/mol. The molecular formula is C30H35N9O. The van der Waals surface area contributed by atoms with E-state index in [9.17, 15) is 4.79 Å². The van der Waals surface area contributed by atoms with E-state index < -0.39 is 0 Å². The van der Waals surface area contributed by atoms with Crippen LogP contribution in [0.4, 0.5) is 23.1 Å². The van der Waals surface area contributed by atoms with E-state index in [4.69, 9.17) is 0 Å². The van der Waals surface area contributed by atoms with Crippen LogP contribution in [0.1, 0.15) is 35.7 Å². The molecule has 0 bridgehead atoms. The molecule has 0 unspecified atom stereocenters. The molecule has 2 aromatic carbocycles. The summed E-state index contributed by atoms with van der Waals surface area (Å²) in [5.41, 5.74) is 3.34. The number of carbonyl (C=O) groups excluding carboxylic acids is 1. The second-order valence-corrected chi connectivity index (χ2v) is 10.4. The lowest BCUT2D eigenvalue weighted by atomic mass is 10.1. The number of piperazine rings is 1. The summed E-state index contributed by atoms with van der Waals surface area (Å²) in [5.74, 6) is 1.94. The van der Waals surface area contributed by atoms with Crippen molar-refractivity contribution in [3.63, 3.8) is 0 Å². The molecular weight excluding hydrogens is 502 g/mol. The molecule has 1 saturated heterocycles. The fourth-order valence-corrected chi connectivity index (χ4v) is 4.86. The van der Waals surface area contributed by atoms with Crippen LogP contribution in [0.5, 0.6) is 0 Å². The Bertz CT molecular complexity index is 1440. The summed E-state index contributed by atoms with van der Waals surface area (Å²) >= 11 is 0. The van der Waals surface area contributed by atoms with Gasteiger partial charge in [0.1, 0.15) is 18.0 Å². The van der Waals surface area contributed by atoms with E-state index in [2.05, 4.69) is 59.8 Å². The molecule has 3 N–H and O–H groups in total. The van der Waals surface area contributed by atoms with Crippen LogP contribution in [0.15, 0.2) is 73.3 Å². The zero-order valence-electron chi connectivity index (χ0n) is 22.8. The molecule has 6 rings (SSSR count). The first kappa shape index (κ1) is 26.0. The van der Waals surface area contributed by atoms with Crippen molar-refractivity contribution < 1.29 is 4.79 Å². The van der Waals surface area contributed by atoms with Gasteiger partial charge in [-0.2, -0.15) is 0 Å². The lowest BCUT2D eigenvalue weighted by Gasteiger charge is -2.34. The van der Waals surface area contributed by atoms with Crippen LogP contribution in [-0.4, -0.2) is 74.0 Å². The normalized spacial score (nSPS) is 16.0. The Kier molecular flexibility index (Phi) is 7.69. The molecule has 0 radical (unpaired) electrons. The Morgan fingerprint density at radius 3 is 2.50 bits per heavy atom. The van der Waals surface area contributed by atoms with Gasteiger partial charge in [0.25, 0.3) is 5.91 Å². The van der Waals surface area contributed by atoms with E-state index >= 15 is 0 Å². The minimum Gasteiger partial charge on any atom is -0.367 e. The number of rotatable bonds is 10. The minimum absolute atomic E-state index is 0.165. The summed E-state index contributed by atoms with van der Waals surface area (Å²) in [6, 6.07) is 17.9. The lowest BCUT2D eigenvalue weighted by Crippen LogP contribution is -2.45. The maximum atomic E-state index is 13.1. The Hall–Kier alpha value is -4.28. The van der Waals surface area contributed by atoms with Gasteiger partial charge in [0.2, 0.25) is 5.95 Å². The van der Waals surface area contributed by atoms with Crippen molar-refractivity contribution in [3.05, 3.63) is 84.4 Å². The second kappa shape index (κ2) is 11.8. The highest BCUT2D eigenvalue weighted by atomic mass is 16.1. The van der Waals surface area contributed by atoms with Crippen molar-refractivity contribution >= 4 is 29.0 Å². The van der Waals surface area contributed by atoms with Gasteiger partial charge in [-0.1, -0.05) is 25.1 Å². The van der Waals surface area contributed by atoms with Crippen molar-refractivity contribution in [1.29, 1.82) is 0 Å². The Morgan fingerprint density at radius 2 is 1.73 bits per heavy atom. The SMILES string of the molecule is CCN1CCN(Cc2ccc(NC(=O)c3cccc(Nc4nccn4-c4cc(NC5CC5)ncn4)c3)cc2)CC1. The molecule has 2 fully saturated rings. The lowest BCUT2D eigenvalue weighted by molar-refractivity contribution is 0.102. The van der Waals surface area contributed by atoms with Crippen molar-refractivity contribution in [2.24, 2.45) is 0 Å². The third-order valence-corrected chi connectivity index (χ3v) is 7.38. The molecule has 1 aliphatic heterocycles. The predicted molar refractivity (Wildman–Crippen MR) is 157 cm³/mol. The van der Waals surface area contributed by atoms with Gasteiger partial charge in [-0.15, -0.1) is 0 Å². The van der Waals surface area contributed by atoms with Crippen LogP contribution in [0.3, 0.4) is 0 Å². The molecule has 2 aliphatic rings. The first-order chi connectivity index (χ1) is 19.6. The number of nitrogens with zero attached hydrogens (tertiary/aromatic N) is 6. The molecule has 1 amide bonds. The number of hydrogen-bond donors (Lipinski definition) is 3. The molecule has 2 aromatic heterocycles. The first-order valence-electron chi connectivity index (χ1n) is 14.0. The fourth-order valence-electron chi connectivity index (χ4n) is 4.86. The molecule has 3 heterocycles. The maximum Gasteiger partial charge on any atom is 0.255 e. The zero-order chi connectivity index (χ0) is 27.3. The third-order valence-electron chi connectivity index (χ3n) is 7.38. The van der Waals surface area contributed by atoms with Gasteiger partial charge in [0, 0.05) is 74.2 Å². The summed E-state index contributed by atoms with van der Waals surface area (Å²) in [5, 5.41) is 9.74. The number of anilines is 4. The van der Waals surface area contributed by atoms with Gasteiger partial charge in [0.05, 0.1) is 0 Å². The van der Waals surface area contributed by atoms with Crippen molar-refractivity contribution in [2.75, 3.05) is 48.7 Å². The quantitative estimate of drug-likeness (QED) is 0.274. The highest BCUT2D eigenvalue weighted by Crippen LogP contribution is 2.25. The summed E-state index contributed by atoms with van der Waals surface area (Å²) in [7, 11) is 0. The predicted octanol–water partition coefficient (Wildman–Crippen LogP) is 4.37. The van der Waals surface area contributed by atoms with E-state index in [1.54, 1.807) is 18.6 Å². The molecule has 0 spiro atoms. The molecule has 10 heteroatoms. The van der Waals surface area contributed by atoms with Crippen molar-refractivity contribution in [2.45, 2.75) is 32.4 Å². The smallest absolute Gasteiger partial charge is 0.255 e. The van der Waals surface area contributed by atoms with Crippen LogP contribution in [0.25, 0.3) is 5.82 Å². The van der Waals surface area contributed by atoms with Crippen molar-refractivity contribution in [3.8, 4) is 5.82 Å². The number of likely N-dealkylation sites (N-methyl/N-ethyl adjacent to an activating group) is 1. The molecule has 10 nitrogen and oxygen atoms in total. The molecule has 1 aliphatic carbocycles. The van der Waals surface area contributed by atoms with E-state index in [0.29, 0.717) is 23.4 Å². The highest BCUT2D eigenvalue weighted by molar-refractivity contribution is 6.04. The monoisotopic (exact) mass is 537 g/mol. The van der Waals surface area contributed by atoms with Gasteiger partial charge in [0.15, 0.2) is 0 Å². The van der Waals surface area contributed by atoms with Crippen LogP contribution in [-0.2, 0) is 6.54 Å². The average Bonchev–Trinajstić information content (AvgIpc) is 3.68. The van der Waals surface area contributed by atoms with Gasteiger partial charge >= 0.3 is 0 Å². The van der Waals surface area contributed by atoms with E-state index in [1.807, 2.05) is 47.2 Å². The summed E-state index contributed by atoms with van der Waals surface area (Å²) < 4.78 is 1.86. The number of carbonyl (C=O) groups is 1. The number of amides is 1. The van der Waals surface area contributed by atoms with Gasteiger partial charge in [-0.05, 0) is 55.3 Å². The Balaban J connectivity index is 1.07. The van der Waals surface area contributed by atoms with E-state index in [0.717, 1.165) is 56.5 Å². The number of hydrogen-bond acceptors (Lipinski definition) is 8. The zero-order valence-corrected chi connectivity index (χ0v) is 22.8. The summed E-state index contributed by atoms with van der Waals surface area (Å²) in [4.78, 5) is 31.2. The van der Waals surface area contributed by atoms with Crippen LogP contribution < -0.4 is 16.0 Å². The number of aromatic nitrogens is 4. The number of nitrogens with one attached hydrogen (secondary N) is 3. The number of benzene rings is 2. The third kappa shape index (κ3) is 6.47. The van der Waals surface area contributed by atoms with Crippen LogP contribution in [0, 0.1) is 0 Å². The van der Waals surface area contributed by atoms with Crippen molar-refractivity contribution in [1.82, 2.24) is 29.3 Å². The van der Waals surface area contributed by atoms with Crippen LogP contribution >= 0.6 is 0 Å². The molecule has 0 atom stereocenters. The molecule has 1 saturated carbocycles. The van der Waals surface area contributed by atoms with E-state index in [-0.39, 0.29) is 5.91 Å². The topological polar surface area (TPSA) is 103 Å². The minimum atomic E-state index is -0.165. The Labute approximate surface area is 234 Å². The first-order valence-corrected chi connectivity index (χ1v) is 14.0.